The molecule has 4 unspecified atom stereocenters. The van der Waals surface area contributed by atoms with E-state index in [2.05, 4.69) is 60.2 Å². The van der Waals surface area contributed by atoms with Crippen LogP contribution in [-0.4, -0.2) is 4.57 Å². The zero-order valence-corrected chi connectivity index (χ0v) is 11.1. The summed E-state index contributed by atoms with van der Waals surface area (Å²) in [4.78, 5) is 0. The molecular weight excluding hydrogens is 230 g/mol. The molecule has 0 amide bonds. The van der Waals surface area contributed by atoms with Gasteiger partial charge >= 0.3 is 0 Å². The summed E-state index contributed by atoms with van der Waals surface area (Å²) in [6.45, 7) is 2.21. The topological polar surface area (TPSA) is 4.93 Å². The highest BCUT2D eigenvalue weighted by atomic mass is 15.0. The van der Waals surface area contributed by atoms with Crippen LogP contribution in [0, 0.1) is 18.8 Å². The van der Waals surface area contributed by atoms with E-state index in [1.54, 1.807) is 5.56 Å². The van der Waals surface area contributed by atoms with Gasteiger partial charge in [-0.25, -0.2) is 0 Å². The molecule has 1 aromatic heterocycles. The SMILES string of the molecule is Cc1ccc2c(c1)C1C3C=CC(C3)C1c1cccn1-2. The number of benzene rings is 1. The maximum atomic E-state index is 2.47. The van der Waals surface area contributed by atoms with E-state index >= 15 is 0 Å². The van der Waals surface area contributed by atoms with Crippen LogP contribution in [0.4, 0.5) is 0 Å². The fourth-order valence-corrected chi connectivity index (χ4v) is 4.69. The summed E-state index contributed by atoms with van der Waals surface area (Å²) in [5.41, 5.74) is 5.90. The molecule has 0 saturated heterocycles. The highest BCUT2D eigenvalue weighted by Gasteiger charge is 2.49. The third kappa shape index (κ3) is 1.12. The number of aryl methyl sites for hydroxylation is 1. The summed E-state index contributed by atoms with van der Waals surface area (Å²) in [5.74, 6) is 2.95. The Labute approximate surface area is 113 Å². The molecule has 0 N–H and O–H groups in total. The Bertz CT molecular complexity index is 706. The number of rotatable bonds is 0. The summed E-state index contributed by atoms with van der Waals surface area (Å²) >= 11 is 0. The molecule has 0 spiro atoms. The minimum atomic E-state index is 0.708. The lowest BCUT2D eigenvalue weighted by atomic mass is 9.74. The van der Waals surface area contributed by atoms with Gasteiger partial charge in [-0.1, -0.05) is 29.8 Å². The lowest BCUT2D eigenvalue weighted by Crippen LogP contribution is -2.24. The van der Waals surface area contributed by atoms with E-state index < -0.39 is 0 Å². The second-order valence-electron chi connectivity index (χ2n) is 6.37. The van der Waals surface area contributed by atoms with Crippen LogP contribution < -0.4 is 0 Å². The first kappa shape index (κ1) is 10.1. The molecule has 2 bridgehead atoms. The third-order valence-electron chi connectivity index (χ3n) is 5.38. The second kappa shape index (κ2) is 3.22. The minimum Gasteiger partial charge on any atom is -0.320 e. The van der Waals surface area contributed by atoms with Gasteiger partial charge < -0.3 is 4.57 Å². The van der Waals surface area contributed by atoms with Crippen molar-refractivity contribution in [2.45, 2.75) is 25.2 Å². The molecule has 5 rings (SSSR count). The van der Waals surface area contributed by atoms with Crippen LogP contribution in [0.25, 0.3) is 5.69 Å². The average molecular weight is 247 g/mol. The lowest BCUT2D eigenvalue weighted by Gasteiger charge is -2.36. The van der Waals surface area contributed by atoms with Crippen LogP contribution in [-0.2, 0) is 0 Å². The number of allylic oxidation sites excluding steroid dienone is 2. The van der Waals surface area contributed by atoms with Crippen LogP contribution in [0.5, 0.6) is 0 Å². The summed E-state index contributed by atoms with van der Waals surface area (Å²) < 4.78 is 2.42. The van der Waals surface area contributed by atoms with Crippen molar-refractivity contribution in [2.24, 2.45) is 11.8 Å². The Kier molecular flexibility index (Phi) is 1.71. The van der Waals surface area contributed by atoms with E-state index in [0.29, 0.717) is 11.8 Å². The van der Waals surface area contributed by atoms with Gasteiger partial charge in [0.2, 0.25) is 0 Å². The minimum absolute atomic E-state index is 0.708. The largest absolute Gasteiger partial charge is 0.320 e. The zero-order valence-electron chi connectivity index (χ0n) is 11.1. The maximum Gasteiger partial charge on any atom is 0.0487 e. The van der Waals surface area contributed by atoms with Crippen molar-refractivity contribution >= 4 is 0 Å². The fourth-order valence-electron chi connectivity index (χ4n) is 4.69. The molecule has 1 saturated carbocycles. The highest BCUT2D eigenvalue weighted by molar-refractivity contribution is 5.54. The Morgan fingerprint density at radius 3 is 2.79 bits per heavy atom. The normalized spacial score (nSPS) is 33.1. The van der Waals surface area contributed by atoms with Gasteiger partial charge in [0.15, 0.2) is 0 Å². The third-order valence-corrected chi connectivity index (χ3v) is 5.38. The van der Waals surface area contributed by atoms with Gasteiger partial charge in [0.25, 0.3) is 0 Å². The van der Waals surface area contributed by atoms with E-state index in [9.17, 15) is 0 Å². The van der Waals surface area contributed by atoms with Gasteiger partial charge in [0.05, 0.1) is 0 Å². The maximum absolute atomic E-state index is 2.47. The summed E-state index contributed by atoms with van der Waals surface area (Å²) in [7, 11) is 0. The molecule has 2 aliphatic carbocycles. The fraction of sp³-hybridized carbons (Fsp3) is 0.333. The molecular formula is C18H17N. The first-order chi connectivity index (χ1) is 9.33. The molecule has 1 aromatic carbocycles. The molecule has 2 heterocycles. The van der Waals surface area contributed by atoms with Crippen molar-refractivity contribution in [3.63, 3.8) is 0 Å². The molecule has 19 heavy (non-hydrogen) atoms. The average Bonchev–Trinajstić information content (AvgIpc) is 3.13. The predicted octanol–water partition coefficient (Wildman–Crippen LogP) is 4.17. The quantitative estimate of drug-likeness (QED) is 0.616. The molecule has 94 valence electrons. The van der Waals surface area contributed by atoms with E-state index in [4.69, 9.17) is 0 Å². The van der Waals surface area contributed by atoms with Crippen LogP contribution in [0.3, 0.4) is 0 Å². The Morgan fingerprint density at radius 1 is 1.05 bits per heavy atom. The predicted molar refractivity (Wildman–Crippen MR) is 76.7 cm³/mol. The van der Waals surface area contributed by atoms with Crippen molar-refractivity contribution in [1.29, 1.82) is 0 Å². The highest BCUT2D eigenvalue weighted by Crippen LogP contribution is 2.60. The van der Waals surface area contributed by atoms with Crippen LogP contribution in [0.15, 0.2) is 48.7 Å². The lowest BCUT2D eigenvalue weighted by molar-refractivity contribution is 0.473. The zero-order chi connectivity index (χ0) is 12.6. The summed E-state index contributed by atoms with van der Waals surface area (Å²) in [6.07, 6.45) is 8.52. The van der Waals surface area contributed by atoms with Gasteiger partial charge in [-0.05, 0) is 48.9 Å². The second-order valence-corrected chi connectivity index (χ2v) is 6.37. The molecule has 0 radical (unpaired) electrons. The van der Waals surface area contributed by atoms with E-state index in [-0.39, 0.29) is 0 Å². The molecule has 2 aromatic rings. The van der Waals surface area contributed by atoms with Gasteiger partial charge in [-0.15, -0.1) is 0 Å². The van der Waals surface area contributed by atoms with Crippen LogP contribution in [0.1, 0.15) is 35.1 Å². The van der Waals surface area contributed by atoms with Gasteiger partial charge in [0, 0.05) is 29.4 Å². The summed E-state index contributed by atoms with van der Waals surface area (Å²) in [6, 6.07) is 11.5. The van der Waals surface area contributed by atoms with E-state index in [1.807, 2.05) is 0 Å². The first-order valence-corrected chi connectivity index (χ1v) is 7.29. The van der Waals surface area contributed by atoms with Gasteiger partial charge in [0.1, 0.15) is 0 Å². The van der Waals surface area contributed by atoms with Crippen molar-refractivity contribution < 1.29 is 0 Å². The van der Waals surface area contributed by atoms with Crippen LogP contribution in [0.2, 0.25) is 0 Å². The van der Waals surface area contributed by atoms with Crippen molar-refractivity contribution in [1.82, 2.24) is 4.57 Å². The van der Waals surface area contributed by atoms with Crippen molar-refractivity contribution in [3.05, 3.63) is 65.5 Å². The van der Waals surface area contributed by atoms with E-state index in [0.717, 1.165) is 11.8 Å². The number of fused-ring (bicyclic) bond motifs is 10. The van der Waals surface area contributed by atoms with Gasteiger partial charge in [-0.2, -0.15) is 0 Å². The van der Waals surface area contributed by atoms with Crippen LogP contribution >= 0.6 is 0 Å². The van der Waals surface area contributed by atoms with Crippen molar-refractivity contribution in [2.75, 3.05) is 0 Å². The number of aromatic nitrogens is 1. The Balaban J connectivity index is 1.85. The number of hydrogen-bond acceptors (Lipinski definition) is 0. The Morgan fingerprint density at radius 2 is 1.89 bits per heavy atom. The number of nitrogens with zero attached hydrogens (tertiary/aromatic N) is 1. The van der Waals surface area contributed by atoms with Crippen molar-refractivity contribution in [3.8, 4) is 5.69 Å². The number of hydrogen-bond donors (Lipinski definition) is 0. The standard InChI is InChI=1S/C18H17N/c1-11-4-7-15-14(9-11)17-12-5-6-13(10-12)18(17)16-3-2-8-19(15)16/h2-9,12-13,17-18H,10H2,1H3. The molecule has 1 aliphatic heterocycles. The summed E-state index contributed by atoms with van der Waals surface area (Å²) in [5, 5.41) is 0. The molecule has 1 nitrogen and oxygen atoms in total. The smallest absolute Gasteiger partial charge is 0.0487 e. The molecule has 4 atom stereocenters. The van der Waals surface area contributed by atoms with E-state index in [1.165, 1.54) is 23.4 Å². The Hall–Kier alpha value is -1.76. The van der Waals surface area contributed by atoms with Gasteiger partial charge in [-0.3, -0.25) is 0 Å². The molecule has 1 heteroatoms. The first-order valence-electron chi connectivity index (χ1n) is 7.29. The monoisotopic (exact) mass is 247 g/mol. The molecule has 3 aliphatic rings. The molecule has 1 fully saturated rings.